The molecular weight excluding hydrogens is 212 g/mol. The molecule has 2 rings (SSSR count). The van der Waals surface area contributed by atoms with Crippen molar-refractivity contribution in [3.05, 3.63) is 23.2 Å². The van der Waals surface area contributed by atoms with Gasteiger partial charge < -0.3 is 10.2 Å². The molecule has 1 heterocycles. The number of nitrogens with one attached hydrogen (secondary N) is 1. The molecule has 15 heavy (non-hydrogen) atoms. The molecule has 0 bridgehead atoms. The van der Waals surface area contributed by atoms with E-state index in [1.165, 1.54) is 0 Å². The highest BCUT2D eigenvalue weighted by atomic mass is 35.5. The molecule has 1 aromatic carbocycles. The molecule has 0 atom stereocenters. The Morgan fingerprint density at radius 2 is 2.33 bits per heavy atom. The van der Waals surface area contributed by atoms with E-state index in [9.17, 15) is 4.79 Å². The van der Waals surface area contributed by atoms with E-state index in [2.05, 4.69) is 17.1 Å². The van der Waals surface area contributed by atoms with Crippen LogP contribution in [0.5, 0.6) is 0 Å². The Hall–Kier alpha value is -1.22. The lowest BCUT2D eigenvalue weighted by Gasteiger charge is -2.30. The minimum Gasteiger partial charge on any atom is -0.361 e. The lowest BCUT2D eigenvalue weighted by molar-refractivity contribution is -0.115. The standard InChI is InChI=1S/C11H13ClN2O/c1-2-5-14-7-11(15)13-9-4-3-8(12)6-10(9)14/h3-4,6H,2,5,7H2,1H3,(H,13,15). The highest BCUT2D eigenvalue weighted by Crippen LogP contribution is 2.31. The first-order valence-corrected chi connectivity index (χ1v) is 5.43. The van der Waals surface area contributed by atoms with Crippen LogP contribution in [0.1, 0.15) is 13.3 Å². The Morgan fingerprint density at radius 1 is 1.53 bits per heavy atom. The first-order valence-electron chi connectivity index (χ1n) is 5.05. The third-order valence-corrected chi connectivity index (χ3v) is 2.64. The van der Waals surface area contributed by atoms with E-state index in [0.717, 1.165) is 24.3 Å². The van der Waals surface area contributed by atoms with Crippen molar-refractivity contribution in [2.45, 2.75) is 13.3 Å². The van der Waals surface area contributed by atoms with Gasteiger partial charge in [-0.1, -0.05) is 18.5 Å². The summed E-state index contributed by atoms with van der Waals surface area (Å²) in [5.74, 6) is 0.0401. The average molecular weight is 225 g/mol. The second-order valence-corrected chi connectivity index (χ2v) is 4.07. The molecule has 0 saturated carbocycles. The summed E-state index contributed by atoms with van der Waals surface area (Å²) < 4.78 is 0. The SMILES string of the molecule is CCCN1CC(=O)Nc2ccc(Cl)cc21. The largest absolute Gasteiger partial charge is 0.361 e. The summed E-state index contributed by atoms with van der Waals surface area (Å²) in [6, 6.07) is 5.53. The number of anilines is 2. The number of amides is 1. The lowest BCUT2D eigenvalue weighted by atomic mass is 10.2. The summed E-state index contributed by atoms with van der Waals surface area (Å²) in [6.45, 7) is 3.39. The zero-order valence-corrected chi connectivity index (χ0v) is 9.34. The smallest absolute Gasteiger partial charge is 0.243 e. The van der Waals surface area contributed by atoms with Crippen LogP contribution >= 0.6 is 11.6 Å². The van der Waals surface area contributed by atoms with Crippen LogP contribution < -0.4 is 10.2 Å². The number of fused-ring (bicyclic) bond motifs is 1. The number of hydrogen-bond donors (Lipinski definition) is 1. The molecular formula is C11H13ClN2O. The quantitative estimate of drug-likeness (QED) is 0.837. The van der Waals surface area contributed by atoms with Gasteiger partial charge in [-0.3, -0.25) is 4.79 Å². The molecule has 0 saturated heterocycles. The third kappa shape index (κ3) is 2.07. The van der Waals surface area contributed by atoms with Gasteiger partial charge in [0.05, 0.1) is 17.9 Å². The molecule has 0 spiro atoms. The van der Waals surface area contributed by atoms with E-state index < -0.39 is 0 Å². The molecule has 0 radical (unpaired) electrons. The van der Waals surface area contributed by atoms with Gasteiger partial charge in [0.25, 0.3) is 0 Å². The minimum absolute atomic E-state index is 0.0401. The molecule has 3 nitrogen and oxygen atoms in total. The second-order valence-electron chi connectivity index (χ2n) is 3.63. The number of carbonyl (C=O) groups excluding carboxylic acids is 1. The second kappa shape index (κ2) is 4.11. The zero-order valence-electron chi connectivity index (χ0n) is 8.59. The summed E-state index contributed by atoms with van der Waals surface area (Å²) in [4.78, 5) is 13.5. The molecule has 1 aliphatic heterocycles. The highest BCUT2D eigenvalue weighted by molar-refractivity contribution is 6.31. The maximum atomic E-state index is 11.4. The first kappa shape index (κ1) is 10.3. The molecule has 0 unspecified atom stereocenters. The highest BCUT2D eigenvalue weighted by Gasteiger charge is 2.20. The molecule has 0 aromatic heterocycles. The van der Waals surface area contributed by atoms with Crippen molar-refractivity contribution in [1.82, 2.24) is 0 Å². The van der Waals surface area contributed by atoms with Gasteiger partial charge >= 0.3 is 0 Å². The van der Waals surface area contributed by atoms with E-state index in [0.29, 0.717) is 11.6 Å². The van der Waals surface area contributed by atoms with Crippen molar-refractivity contribution in [1.29, 1.82) is 0 Å². The Morgan fingerprint density at radius 3 is 3.07 bits per heavy atom. The van der Waals surface area contributed by atoms with Crippen molar-refractivity contribution in [3.8, 4) is 0 Å². The Labute approximate surface area is 94.0 Å². The van der Waals surface area contributed by atoms with Crippen molar-refractivity contribution in [2.24, 2.45) is 0 Å². The summed E-state index contributed by atoms with van der Waals surface area (Å²) in [6.07, 6.45) is 1.01. The van der Waals surface area contributed by atoms with E-state index in [1.807, 2.05) is 12.1 Å². The van der Waals surface area contributed by atoms with Gasteiger partial charge in [0.1, 0.15) is 0 Å². The van der Waals surface area contributed by atoms with Crippen LogP contribution in [0, 0.1) is 0 Å². The molecule has 0 fully saturated rings. The van der Waals surface area contributed by atoms with E-state index in [1.54, 1.807) is 6.07 Å². The van der Waals surface area contributed by atoms with E-state index in [4.69, 9.17) is 11.6 Å². The number of nitrogens with zero attached hydrogens (tertiary/aromatic N) is 1. The van der Waals surface area contributed by atoms with Crippen molar-refractivity contribution in [3.63, 3.8) is 0 Å². The van der Waals surface area contributed by atoms with Crippen LogP contribution in [0.25, 0.3) is 0 Å². The van der Waals surface area contributed by atoms with Crippen molar-refractivity contribution < 1.29 is 4.79 Å². The van der Waals surface area contributed by atoms with Crippen LogP contribution in [-0.2, 0) is 4.79 Å². The van der Waals surface area contributed by atoms with Gasteiger partial charge in [0.15, 0.2) is 0 Å². The molecule has 1 amide bonds. The maximum Gasteiger partial charge on any atom is 0.243 e. The minimum atomic E-state index is 0.0401. The molecule has 1 aromatic rings. The van der Waals surface area contributed by atoms with Gasteiger partial charge in [0, 0.05) is 11.6 Å². The van der Waals surface area contributed by atoms with Crippen LogP contribution in [0.4, 0.5) is 11.4 Å². The van der Waals surface area contributed by atoms with Crippen LogP contribution in [-0.4, -0.2) is 19.0 Å². The van der Waals surface area contributed by atoms with Gasteiger partial charge in [-0.05, 0) is 24.6 Å². The number of rotatable bonds is 2. The van der Waals surface area contributed by atoms with Gasteiger partial charge in [0.2, 0.25) is 5.91 Å². The Kier molecular flexibility index (Phi) is 2.82. The van der Waals surface area contributed by atoms with Crippen molar-refractivity contribution >= 4 is 28.9 Å². The lowest BCUT2D eigenvalue weighted by Crippen LogP contribution is -2.38. The summed E-state index contributed by atoms with van der Waals surface area (Å²) in [5.41, 5.74) is 1.87. The third-order valence-electron chi connectivity index (χ3n) is 2.40. The number of benzene rings is 1. The first-order chi connectivity index (χ1) is 7.20. The Balaban J connectivity index is 2.38. The van der Waals surface area contributed by atoms with Gasteiger partial charge in [-0.25, -0.2) is 0 Å². The number of carbonyl (C=O) groups is 1. The molecule has 0 aliphatic carbocycles. The van der Waals surface area contributed by atoms with Gasteiger partial charge in [-0.15, -0.1) is 0 Å². The fourth-order valence-corrected chi connectivity index (χ4v) is 1.96. The molecule has 1 N–H and O–H groups in total. The van der Waals surface area contributed by atoms with Crippen LogP contribution in [0.2, 0.25) is 5.02 Å². The predicted octanol–water partition coefficient (Wildman–Crippen LogP) is 2.51. The average Bonchev–Trinajstić information content (AvgIpc) is 2.19. The van der Waals surface area contributed by atoms with Crippen molar-refractivity contribution in [2.75, 3.05) is 23.3 Å². The number of halogens is 1. The molecule has 1 aliphatic rings. The topological polar surface area (TPSA) is 32.3 Å². The number of hydrogen-bond acceptors (Lipinski definition) is 2. The monoisotopic (exact) mass is 224 g/mol. The van der Waals surface area contributed by atoms with E-state index >= 15 is 0 Å². The fraction of sp³-hybridized carbons (Fsp3) is 0.364. The summed E-state index contributed by atoms with van der Waals surface area (Å²) in [5, 5.41) is 3.54. The van der Waals surface area contributed by atoms with Crippen LogP contribution in [0.3, 0.4) is 0 Å². The maximum absolute atomic E-state index is 11.4. The summed E-state index contributed by atoms with van der Waals surface area (Å²) in [7, 11) is 0. The zero-order chi connectivity index (χ0) is 10.8. The van der Waals surface area contributed by atoms with E-state index in [-0.39, 0.29) is 5.91 Å². The fourth-order valence-electron chi connectivity index (χ4n) is 1.79. The Bertz CT molecular complexity index is 392. The van der Waals surface area contributed by atoms with Crippen LogP contribution in [0.15, 0.2) is 18.2 Å². The normalized spacial score (nSPS) is 14.8. The molecule has 80 valence electrons. The molecule has 4 heteroatoms. The summed E-state index contributed by atoms with van der Waals surface area (Å²) >= 11 is 5.94. The van der Waals surface area contributed by atoms with Gasteiger partial charge in [-0.2, -0.15) is 0 Å². The predicted molar refractivity (Wildman–Crippen MR) is 62.6 cm³/mol.